The van der Waals surface area contributed by atoms with E-state index in [0.717, 1.165) is 0 Å². The van der Waals surface area contributed by atoms with E-state index >= 15 is 0 Å². The third-order valence-electron chi connectivity index (χ3n) is 5.41. The van der Waals surface area contributed by atoms with Crippen LogP contribution in [-0.4, -0.2) is 58.7 Å². The van der Waals surface area contributed by atoms with Gasteiger partial charge in [-0.25, -0.2) is 9.37 Å². The number of hydrogen-bond donors (Lipinski definition) is 0. The van der Waals surface area contributed by atoms with Gasteiger partial charge in [0.1, 0.15) is 5.82 Å². The maximum atomic E-state index is 14.2. The van der Waals surface area contributed by atoms with Crippen molar-refractivity contribution in [3.63, 3.8) is 0 Å². The summed E-state index contributed by atoms with van der Waals surface area (Å²) < 4.78 is 14.2. The van der Waals surface area contributed by atoms with Crippen LogP contribution in [0.4, 0.5) is 15.2 Å². The summed E-state index contributed by atoms with van der Waals surface area (Å²) in [6.45, 7) is 3.15. The van der Waals surface area contributed by atoms with E-state index in [1.807, 2.05) is 18.2 Å². The Morgan fingerprint density at radius 2 is 1.62 bits per heavy atom. The first kappa shape index (κ1) is 23.3. The van der Waals surface area contributed by atoms with Gasteiger partial charge in [0.2, 0.25) is 11.8 Å². The number of anilines is 2. The van der Waals surface area contributed by atoms with Crippen molar-refractivity contribution in [3.05, 3.63) is 83.1 Å². The maximum absolute atomic E-state index is 14.2. The summed E-state index contributed by atoms with van der Waals surface area (Å²) in [4.78, 5) is 46.4. The second-order valence-corrected chi connectivity index (χ2v) is 8.51. The minimum absolute atomic E-state index is 0.0388. The van der Waals surface area contributed by atoms with Gasteiger partial charge in [-0.1, -0.05) is 30.3 Å². The van der Waals surface area contributed by atoms with Gasteiger partial charge in [-0.05, 0) is 30.3 Å². The molecule has 3 amide bonds. The van der Waals surface area contributed by atoms with E-state index in [2.05, 4.69) is 4.98 Å². The molecule has 2 heterocycles. The van der Waals surface area contributed by atoms with Crippen molar-refractivity contribution in [2.75, 3.05) is 31.1 Å². The molecule has 1 aliphatic heterocycles. The van der Waals surface area contributed by atoms with Crippen LogP contribution in [0.1, 0.15) is 23.0 Å². The molecule has 0 bridgehead atoms. The molecule has 0 atom stereocenters. The molecule has 0 unspecified atom stereocenters. The van der Waals surface area contributed by atoms with Crippen molar-refractivity contribution >= 4 is 46.0 Å². The number of nitrogens with zero attached hydrogens (tertiary/aromatic N) is 4. The number of aromatic nitrogens is 1. The molecule has 0 spiro atoms. The molecular formula is C25H23FN4O3S. The topological polar surface area (TPSA) is 73.8 Å². The Labute approximate surface area is 200 Å². The number of para-hydroxylation sites is 1. The molecule has 1 aromatic heterocycles. The summed E-state index contributed by atoms with van der Waals surface area (Å²) in [5, 5.41) is 2.02. The molecular weight excluding hydrogens is 455 g/mol. The molecule has 3 aromatic rings. The van der Waals surface area contributed by atoms with Crippen LogP contribution >= 0.6 is 11.3 Å². The number of benzene rings is 2. The lowest BCUT2D eigenvalue weighted by molar-refractivity contribution is -0.127. The highest BCUT2D eigenvalue weighted by Gasteiger charge is 2.24. The van der Waals surface area contributed by atoms with Gasteiger partial charge in [0.05, 0.1) is 11.4 Å². The Hall–Kier alpha value is -3.85. The van der Waals surface area contributed by atoms with Crippen LogP contribution in [0, 0.1) is 5.82 Å². The lowest BCUT2D eigenvalue weighted by atomic mass is 10.2. The second-order valence-electron chi connectivity index (χ2n) is 7.68. The first-order valence-electron chi connectivity index (χ1n) is 10.8. The van der Waals surface area contributed by atoms with Gasteiger partial charge in [-0.3, -0.25) is 19.3 Å². The highest BCUT2D eigenvalue weighted by Crippen LogP contribution is 2.31. The van der Waals surface area contributed by atoms with E-state index in [0.29, 0.717) is 42.6 Å². The Balaban J connectivity index is 1.37. The fourth-order valence-corrected chi connectivity index (χ4v) is 4.50. The highest BCUT2D eigenvalue weighted by atomic mass is 32.1. The largest absolute Gasteiger partial charge is 0.336 e. The van der Waals surface area contributed by atoms with E-state index in [-0.39, 0.29) is 23.4 Å². The quantitative estimate of drug-likeness (QED) is 0.521. The zero-order valence-electron chi connectivity index (χ0n) is 18.6. The SMILES string of the molecule is CC(=O)N(c1nc(/C=C/C(=O)N2CCN(C(=O)c3ccccc3)CC2)cs1)c1ccccc1F. The van der Waals surface area contributed by atoms with Crippen molar-refractivity contribution < 1.29 is 18.8 Å². The molecule has 1 aliphatic rings. The number of amides is 3. The number of piperazine rings is 1. The van der Waals surface area contributed by atoms with Gasteiger partial charge in [0.15, 0.2) is 5.13 Å². The predicted octanol–water partition coefficient (Wildman–Crippen LogP) is 3.96. The van der Waals surface area contributed by atoms with Crippen LogP contribution in [-0.2, 0) is 9.59 Å². The fourth-order valence-electron chi connectivity index (χ4n) is 3.65. The summed E-state index contributed by atoms with van der Waals surface area (Å²) in [5.41, 5.74) is 1.25. The molecule has 0 N–H and O–H groups in total. The molecule has 7 nitrogen and oxygen atoms in total. The summed E-state index contributed by atoms with van der Waals surface area (Å²) in [5.74, 6) is -1.11. The lowest BCUT2D eigenvalue weighted by Gasteiger charge is -2.34. The van der Waals surface area contributed by atoms with Gasteiger partial charge in [0, 0.05) is 50.1 Å². The minimum atomic E-state index is -0.523. The average molecular weight is 479 g/mol. The van der Waals surface area contributed by atoms with Crippen LogP contribution < -0.4 is 4.90 Å². The van der Waals surface area contributed by atoms with Crippen LogP contribution in [0.5, 0.6) is 0 Å². The molecule has 174 valence electrons. The van der Waals surface area contributed by atoms with Crippen molar-refractivity contribution in [1.82, 2.24) is 14.8 Å². The monoisotopic (exact) mass is 478 g/mol. The fraction of sp³-hybridized carbons (Fsp3) is 0.200. The van der Waals surface area contributed by atoms with Crippen molar-refractivity contribution in [2.45, 2.75) is 6.92 Å². The molecule has 2 aromatic carbocycles. The molecule has 1 fully saturated rings. The summed E-state index contributed by atoms with van der Waals surface area (Å²) >= 11 is 1.19. The van der Waals surface area contributed by atoms with E-state index in [9.17, 15) is 18.8 Å². The van der Waals surface area contributed by atoms with Crippen LogP contribution in [0.3, 0.4) is 0 Å². The molecule has 9 heteroatoms. The number of carbonyl (C=O) groups excluding carboxylic acids is 3. The second kappa shape index (κ2) is 10.4. The molecule has 0 radical (unpaired) electrons. The third kappa shape index (κ3) is 5.20. The first-order chi connectivity index (χ1) is 16.4. The number of thiazole rings is 1. The van der Waals surface area contributed by atoms with Gasteiger partial charge in [-0.2, -0.15) is 0 Å². The van der Waals surface area contributed by atoms with Crippen LogP contribution in [0.15, 0.2) is 66.1 Å². The lowest BCUT2D eigenvalue weighted by Crippen LogP contribution is -2.50. The van der Waals surface area contributed by atoms with Crippen LogP contribution in [0.25, 0.3) is 6.08 Å². The molecule has 1 saturated heterocycles. The molecule has 4 rings (SSSR count). The Bertz CT molecular complexity index is 1220. The number of rotatable bonds is 5. The Kier molecular flexibility index (Phi) is 7.12. The number of hydrogen-bond acceptors (Lipinski definition) is 5. The standard InChI is InChI=1S/C25H23FN4O3S/c1-18(31)30(22-10-6-5-9-21(22)26)25-27-20(17-34-25)11-12-23(32)28-13-15-29(16-14-28)24(33)19-7-3-2-4-8-19/h2-12,17H,13-16H2,1H3/b12-11+. The van der Waals surface area contributed by atoms with E-state index in [4.69, 9.17) is 0 Å². The third-order valence-corrected chi connectivity index (χ3v) is 6.25. The molecule has 34 heavy (non-hydrogen) atoms. The van der Waals surface area contributed by atoms with E-state index in [1.54, 1.807) is 45.5 Å². The van der Waals surface area contributed by atoms with E-state index < -0.39 is 5.82 Å². The van der Waals surface area contributed by atoms with Gasteiger partial charge in [-0.15, -0.1) is 11.3 Å². The number of carbonyl (C=O) groups is 3. The van der Waals surface area contributed by atoms with Gasteiger partial charge in [0.25, 0.3) is 5.91 Å². The summed E-state index contributed by atoms with van der Waals surface area (Å²) in [7, 11) is 0. The zero-order chi connectivity index (χ0) is 24.1. The smallest absolute Gasteiger partial charge is 0.253 e. The summed E-state index contributed by atoms with van der Waals surface area (Å²) in [6, 6.07) is 15.1. The highest BCUT2D eigenvalue weighted by molar-refractivity contribution is 7.14. The number of halogens is 1. The van der Waals surface area contributed by atoms with Crippen molar-refractivity contribution in [2.24, 2.45) is 0 Å². The molecule has 0 aliphatic carbocycles. The van der Waals surface area contributed by atoms with Crippen molar-refractivity contribution in [3.8, 4) is 0 Å². The zero-order valence-corrected chi connectivity index (χ0v) is 19.4. The van der Waals surface area contributed by atoms with E-state index in [1.165, 1.54) is 41.4 Å². The van der Waals surface area contributed by atoms with Gasteiger partial charge >= 0.3 is 0 Å². The normalized spacial score (nSPS) is 13.8. The average Bonchev–Trinajstić information content (AvgIpc) is 3.32. The first-order valence-corrected chi connectivity index (χ1v) is 11.6. The maximum Gasteiger partial charge on any atom is 0.253 e. The Morgan fingerprint density at radius 1 is 0.971 bits per heavy atom. The molecule has 0 saturated carbocycles. The Morgan fingerprint density at radius 3 is 2.29 bits per heavy atom. The van der Waals surface area contributed by atoms with Crippen molar-refractivity contribution in [1.29, 1.82) is 0 Å². The minimum Gasteiger partial charge on any atom is -0.336 e. The van der Waals surface area contributed by atoms with Crippen LogP contribution in [0.2, 0.25) is 0 Å². The van der Waals surface area contributed by atoms with Gasteiger partial charge < -0.3 is 9.80 Å². The summed E-state index contributed by atoms with van der Waals surface area (Å²) in [6.07, 6.45) is 3.00. The predicted molar refractivity (Wildman–Crippen MR) is 129 cm³/mol.